The lowest BCUT2D eigenvalue weighted by molar-refractivity contribution is -0.0441. The maximum absolute atomic E-state index is 9.99. The Morgan fingerprint density at radius 2 is 2.18 bits per heavy atom. The van der Waals surface area contributed by atoms with Crippen molar-refractivity contribution in [2.75, 3.05) is 20.4 Å². The summed E-state index contributed by atoms with van der Waals surface area (Å²) in [7, 11) is 2.43. The molecule has 0 saturated carbocycles. The number of amides is 1. The number of nitrogens with one attached hydrogen (secondary N) is 1. The molecule has 2 N–H and O–H groups in total. The minimum atomic E-state index is -0.997. The maximum Gasteiger partial charge on any atom is 0.404 e. The molecule has 0 aliphatic rings. The van der Waals surface area contributed by atoms with E-state index < -0.39 is 15.6 Å². The van der Waals surface area contributed by atoms with Crippen LogP contribution in [0.1, 0.15) is 0 Å². The van der Waals surface area contributed by atoms with Crippen molar-refractivity contribution in [1.29, 1.82) is 0 Å². The molecule has 0 saturated heterocycles. The molecule has 0 fully saturated rings. The average molecular weight is 179 g/mol. The Balaban J connectivity index is 3.28. The Kier molecular flexibility index (Phi) is 5.81. The fourth-order valence-corrected chi connectivity index (χ4v) is 1.69. The molecule has 0 aliphatic carbocycles. The molecule has 11 heavy (non-hydrogen) atoms. The van der Waals surface area contributed by atoms with E-state index in [1.807, 2.05) is 0 Å². The van der Waals surface area contributed by atoms with E-state index >= 15 is 0 Å². The summed E-state index contributed by atoms with van der Waals surface area (Å²) in [4.78, 5) is 9.99. The Labute approximate surface area is 67.5 Å². The van der Waals surface area contributed by atoms with Crippen LogP contribution in [0.3, 0.4) is 0 Å². The van der Waals surface area contributed by atoms with Crippen LogP contribution in [-0.2, 0) is 9.47 Å². The first-order valence-corrected chi connectivity index (χ1v) is 5.04. The van der Waals surface area contributed by atoms with E-state index in [2.05, 4.69) is 5.32 Å². The fourth-order valence-electron chi connectivity index (χ4n) is 0.629. The van der Waals surface area contributed by atoms with E-state index in [9.17, 15) is 4.79 Å². The van der Waals surface area contributed by atoms with E-state index in [1.54, 1.807) is 14.2 Å². The Hall–Kier alpha value is -0.593. The number of hydrogen-bond donors (Lipinski definition) is 2. The second kappa shape index (κ2) is 6.14. The monoisotopic (exact) mass is 179 g/mol. The first kappa shape index (κ1) is 10.4. The average Bonchev–Trinajstić information content (AvgIpc) is 1.98. The molecular formula is C5H13NO4Si. The van der Waals surface area contributed by atoms with Crippen LogP contribution in [0.25, 0.3) is 0 Å². The number of methoxy groups -OCH3 is 2. The Morgan fingerprint density at radius 1 is 1.64 bits per heavy atom. The standard InChI is InChI=1S/C5H13NO4Si/c1-9-5(10-2)11-3-6-4(7)8/h5-6H,3,11H2,1-2H3,(H,7,8). The molecule has 6 heteroatoms. The molecule has 0 radical (unpaired) electrons. The molecule has 5 nitrogen and oxygen atoms in total. The van der Waals surface area contributed by atoms with Gasteiger partial charge in [-0.3, -0.25) is 0 Å². The van der Waals surface area contributed by atoms with Crippen molar-refractivity contribution in [2.45, 2.75) is 5.91 Å². The lowest BCUT2D eigenvalue weighted by atomic mass is 11.1. The molecule has 0 atom stereocenters. The number of hydrogen-bond acceptors (Lipinski definition) is 3. The van der Waals surface area contributed by atoms with Gasteiger partial charge in [0.05, 0.1) is 0 Å². The van der Waals surface area contributed by atoms with Crippen molar-refractivity contribution >= 4 is 15.6 Å². The molecule has 0 bridgehead atoms. The molecule has 0 spiro atoms. The minimum absolute atomic E-state index is 0.193. The predicted octanol–water partition coefficient (Wildman–Crippen LogP) is -1.04. The van der Waals surface area contributed by atoms with Crippen LogP contribution in [0, 0.1) is 0 Å². The zero-order valence-electron chi connectivity index (χ0n) is 6.66. The lowest BCUT2D eigenvalue weighted by Gasteiger charge is -2.11. The van der Waals surface area contributed by atoms with Crippen molar-refractivity contribution in [3.63, 3.8) is 0 Å². The summed E-state index contributed by atoms with van der Waals surface area (Å²) in [6, 6.07) is 0. The second-order valence-electron chi connectivity index (χ2n) is 1.92. The largest absolute Gasteiger partial charge is 0.465 e. The molecule has 0 aromatic rings. The smallest absolute Gasteiger partial charge is 0.404 e. The highest BCUT2D eigenvalue weighted by Gasteiger charge is 2.05. The van der Waals surface area contributed by atoms with Gasteiger partial charge in [-0.15, -0.1) is 0 Å². The number of carboxylic acid groups (broad SMARTS) is 1. The van der Waals surface area contributed by atoms with Gasteiger partial charge in [-0.25, -0.2) is 4.79 Å². The third kappa shape index (κ3) is 5.83. The molecule has 0 rings (SSSR count). The van der Waals surface area contributed by atoms with E-state index in [0.717, 1.165) is 0 Å². The van der Waals surface area contributed by atoms with Crippen molar-refractivity contribution in [2.24, 2.45) is 0 Å². The van der Waals surface area contributed by atoms with Crippen molar-refractivity contribution < 1.29 is 19.4 Å². The summed E-state index contributed by atoms with van der Waals surface area (Å²) < 4.78 is 9.78. The third-order valence-electron chi connectivity index (χ3n) is 1.18. The van der Waals surface area contributed by atoms with Crippen LogP contribution < -0.4 is 5.32 Å². The Bertz CT molecular complexity index is 117. The van der Waals surface area contributed by atoms with Gasteiger partial charge in [0.15, 0.2) is 0 Å². The number of carbonyl (C=O) groups is 1. The first-order valence-electron chi connectivity index (χ1n) is 3.23. The maximum atomic E-state index is 9.99. The minimum Gasteiger partial charge on any atom is -0.465 e. The predicted molar refractivity (Wildman–Crippen MR) is 42.4 cm³/mol. The highest BCUT2D eigenvalue weighted by Crippen LogP contribution is 1.85. The quantitative estimate of drug-likeness (QED) is 0.418. The van der Waals surface area contributed by atoms with Crippen LogP contribution in [0.15, 0.2) is 0 Å². The van der Waals surface area contributed by atoms with Gasteiger partial charge in [0.1, 0.15) is 15.4 Å². The molecule has 66 valence electrons. The SMILES string of the molecule is COC(OC)[SiH2]CNC(=O)O. The molecule has 1 amide bonds. The van der Waals surface area contributed by atoms with Gasteiger partial charge in [0.2, 0.25) is 0 Å². The van der Waals surface area contributed by atoms with Gasteiger partial charge in [-0.2, -0.15) is 0 Å². The van der Waals surface area contributed by atoms with Crippen LogP contribution in [0.5, 0.6) is 0 Å². The van der Waals surface area contributed by atoms with Gasteiger partial charge < -0.3 is 19.9 Å². The topological polar surface area (TPSA) is 67.8 Å². The van der Waals surface area contributed by atoms with Crippen LogP contribution in [-0.4, -0.2) is 47.0 Å². The molecule has 0 aromatic heterocycles. The number of rotatable bonds is 5. The molecule has 0 heterocycles. The highest BCUT2D eigenvalue weighted by molar-refractivity contribution is 6.37. The van der Waals surface area contributed by atoms with Gasteiger partial charge >= 0.3 is 6.09 Å². The van der Waals surface area contributed by atoms with Crippen LogP contribution in [0.2, 0.25) is 0 Å². The summed E-state index contributed by atoms with van der Waals surface area (Å²) in [6.07, 6.45) is -0.523. The first-order chi connectivity index (χ1) is 5.20. The van der Waals surface area contributed by atoms with Crippen molar-refractivity contribution in [1.82, 2.24) is 5.32 Å². The highest BCUT2D eigenvalue weighted by atomic mass is 28.2. The molecule has 0 aliphatic heterocycles. The fraction of sp³-hybridized carbons (Fsp3) is 0.800. The summed E-state index contributed by atoms with van der Waals surface area (Å²) in [6.45, 7) is 0. The zero-order chi connectivity index (χ0) is 8.69. The van der Waals surface area contributed by atoms with E-state index in [0.29, 0.717) is 6.17 Å². The summed E-state index contributed by atoms with van der Waals surface area (Å²) >= 11 is 0. The van der Waals surface area contributed by atoms with Crippen LogP contribution >= 0.6 is 0 Å². The van der Waals surface area contributed by atoms with Crippen molar-refractivity contribution in [3.05, 3.63) is 0 Å². The molecule has 0 aromatic carbocycles. The van der Waals surface area contributed by atoms with Gasteiger partial charge in [0.25, 0.3) is 0 Å². The zero-order valence-corrected chi connectivity index (χ0v) is 8.08. The summed E-state index contributed by atoms with van der Waals surface area (Å²) in [5.41, 5.74) is 0. The normalized spacial score (nSPS) is 11.2. The number of ether oxygens (including phenoxy) is 2. The van der Waals surface area contributed by atoms with Crippen molar-refractivity contribution in [3.8, 4) is 0 Å². The van der Waals surface area contributed by atoms with E-state index in [4.69, 9.17) is 14.6 Å². The van der Waals surface area contributed by atoms with E-state index in [1.165, 1.54) is 0 Å². The Morgan fingerprint density at radius 3 is 2.55 bits per heavy atom. The lowest BCUT2D eigenvalue weighted by Crippen LogP contribution is -2.33. The van der Waals surface area contributed by atoms with Gasteiger partial charge in [0, 0.05) is 20.4 Å². The summed E-state index contributed by atoms with van der Waals surface area (Å²) in [5, 5.41) is 10.5. The second-order valence-corrected chi connectivity index (χ2v) is 3.67. The molecular weight excluding hydrogens is 166 g/mol. The van der Waals surface area contributed by atoms with Gasteiger partial charge in [-0.05, 0) is 0 Å². The summed E-state index contributed by atoms with van der Waals surface area (Å²) in [5.74, 6) is -0.193. The third-order valence-corrected chi connectivity index (χ3v) is 2.86. The molecule has 0 unspecified atom stereocenters. The van der Waals surface area contributed by atoms with Gasteiger partial charge in [-0.1, -0.05) is 0 Å². The van der Waals surface area contributed by atoms with Crippen LogP contribution in [0.4, 0.5) is 4.79 Å². The van der Waals surface area contributed by atoms with E-state index in [-0.39, 0.29) is 5.91 Å².